The van der Waals surface area contributed by atoms with E-state index in [-0.39, 0.29) is 29.8 Å². The molecule has 0 aliphatic carbocycles. The maximum Gasteiger partial charge on any atom is 0.270 e. The van der Waals surface area contributed by atoms with Crippen molar-refractivity contribution in [3.8, 4) is 0 Å². The number of nitrogens with two attached hydrogens (primary N) is 1. The molecule has 1 heterocycles. The van der Waals surface area contributed by atoms with Gasteiger partial charge in [-0.3, -0.25) is 20.4 Å². The number of hydrazine groups is 1. The second-order valence-corrected chi connectivity index (χ2v) is 6.61. The summed E-state index contributed by atoms with van der Waals surface area (Å²) in [6, 6.07) is 9.91. The van der Waals surface area contributed by atoms with Gasteiger partial charge in [0.25, 0.3) is 5.56 Å². The number of nitrogens with zero attached hydrogens (tertiary/aromatic N) is 1. The standard InChI is InChI=1S/C19H27N7O2/c1-12(10-14-6-4-3-5-7-14)17-18(28)24-13(2)15(25-17)11-16(27)22-8-9-23-26-19(20)21/h3-7,12,23H,8-11H2,1-2H3,(H,22,27)(H,24,28)(H4,20,21,26). The number of H-pyrrole nitrogens is 1. The summed E-state index contributed by atoms with van der Waals surface area (Å²) >= 11 is 0. The van der Waals surface area contributed by atoms with Gasteiger partial charge in [-0.2, -0.15) is 0 Å². The Labute approximate surface area is 163 Å². The molecule has 1 unspecified atom stereocenters. The molecule has 9 heteroatoms. The normalized spacial score (nSPS) is 11.6. The number of rotatable bonds is 9. The Balaban J connectivity index is 1.99. The topological polar surface area (TPSA) is 149 Å². The van der Waals surface area contributed by atoms with Crippen LogP contribution in [0.25, 0.3) is 0 Å². The van der Waals surface area contributed by atoms with Gasteiger partial charge in [-0.25, -0.2) is 10.4 Å². The lowest BCUT2D eigenvalue weighted by Gasteiger charge is -2.13. The monoisotopic (exact) mass is 385 g/mol. The molecule has 0 aliphatic heterocycles. The lowest BCUT2D eigenvalue weighted by molar-refractivity contribution is -0.120. The smallest absolute Gasteiger partial charge is 0.270 e. The number of nitrogens with one attached hydrogen (secondary N) is 5. The number of carbonyl (C=O) groups is 1. The molecular formula is C19H27N7O2. The van der Waals surface area contributed by atoms with Crippen molar-refractivity contribution < 1.29 is 4.79 Å². The first-order chi connectivity index (χ1) is 13.4. The molecule has 0 aliphatic rings. The zero-order chi connectivity index (χ0) is 20.5. The van der Waals surface area contributed by atoms with E-state index in [1.54, 1.807) is 6.92 Å². The van der Waals surface area contributed by atoms with Gasteiger partial charge in [0.15, 0.2) is 5.96 Å². The van der Waals surface area contributed by atoms with Crippen LogP contribution >= 0.6 is 0 Å². The molecule has 0 saturated carbocycles. The van der Waals surface area contributed by atoms with Gasteiger partial charge < -0.3 is 16.0 Å². The van der Waals surface area contributed by atoms with Crippen molar-refractivity contribution in [1.82, 2.24) is 26.1 Å². The molecule has 7 N–H and O–H groups in total. The van der Waals surface area contributed by atoms with Crippen molar-refractivity contribution in [2.75, 3.05) is 13.1 Å². The summed E-state index contributed by atoms with van der Waals surface area (Å²) in [6.07, 6.45) is 0.772. The summed E-state index contributed by atoms with van der Waals surface area (Å²) in [5.41, 5.74) is 12.8. The zero-order valence-corrected chi connectivity index (χ0v) is 16.1. The second-order valence-electron chi connectivity index (χ2n) is 6.61. The highest BCUT2D eigenvalue weighted by Crippen LogP contribution is 2.16. The average molecular weight is 385 g/mol. The fourth-order valence-electron chi connectivity index (χ4n) is 2.79. The maximum absolute atomic E-state index is 12.3. The van der Waals surface area contributed by atoms with E-state index >= 15 is 0 Å². The number of guanidine groups is 1. The lowest BCUT2D eigenvalue weighted by atomic mass is 9.98. The predicted molar refractivity (Wildman–Crippen MR) is 108 cm³/mol. The lowest BCUT2D eigenvalue weighted by Crippen LogP contribution is -2.45. The first kappa shape index (κ1) is 21.1. The number of aromatic nitrogens is 2. The van der Waals surface area contributed by atoms with Gasteiger partial charge in [-0.05, 0) is 18.9 Å². The quantitative estimate of drug-likeness (QED) is 0.156. The van der Waals surface area contributed by atoms with Crippen LogP contribution < -0.4 is 27.5 Å². The summed E-state index contributed by atoms with van der Waals surface area (Å²) in [7, 11) is 0. The Morgan fingerprint density at radius 3 is 2.68 bits per heavy atom. The van der Waals surface area contributed by atoms with E-state index in [1.807, 2.05) is 37.3 Å². The largest absolute Gasteiger partial charge is 0.369 e. The van der Waals surface area contributed by atoms with E-state index in [4.69, 9.17) is 11.1 Å². The van der Waals surface area contributed by atoms with Gasteiger partial charge in [0, 0.05) is 24.7 Å². The second kappa shape index (κ2) is 10.2. The summed E-state index contributed by atoms with van der Waals surface area (Å²) in [6.45, 7) is 4.46. The highest BCUT2D eigenvalue weighted by atomic mass is 16.1. The Bertz CT molecular complexity index is 864. The molecule has 1 atom stereocenters. The first-order valence-electron chi connectivity index (χ1n) is 9.10. The molecule has 1 aromatic heterocycles. The van der Waals surface area contributed by atoms with E-state index in [0.717, 1.165) is 5.56 Å². The molecule has 0 bridgehead atoms. The average Bonchev–Trinajstić information content (AvgIpc) is 2.64. The Hall–Kier alpha value is -3.20. The van der Waals surface area contributed by atoms with E-state index < -0.39 is 0 Å². The van der Waals surface area contributed by atoms with Crippen molar-refractivity contribution in [3.05, 3.63) is 63.3 Å². The third-order valence-electron chi connectivity index (χ3n) is 4.20. The first-order valence-corrected chi connectivity index (χ1v) is 9.10. The Morgan fingerprint density at radius 1 is 1.29 bits per heavy atom. The molecule has 2 rings (SSSR count). The molecule has 9 nitrogen and oxygen atoms in total. The van der Waals surface area contributed by atoms with Crippen LogP contribution in [0.5, 0.6) is 0 Å². The number of hydrogen-bond acceptors (Lipinski definition) is 5. The highest BCUT2D eigenvalue weighted by Gasteiger charge is 2.16. The van der Waals surface area contributed by atoms with Gasteiger partial charge in [-0.15, -0.1) is 0 Å². The van der Waals surface area contributed by atoms with Crippen LogP contribution in [0.3, 0.4) is 0 Å². The third kappa shape index (κ3) is 6.51. The highest BCUT2D eigenvalue weighted by molar-refractivity contribution is 5.78. The van der Waals surface area contributed by atoms with Crippen LogP contribution in [0.2, 0.25) is 0 Å². The molecule has 0 spiro atoms. The van der Waals surface area contributed by atoms with Crippen molar-refractivity contribution in [3.63, 3.8) is 0 Å². The van der Waals surface area contributed by atoms with E-state index in [2.05, 4.69) is 26.1 Å². The zero-order valence-electron chi connectivity index (χ0n) is 16.1. The van der Waals surface area contributed by atoms with Crippen LogP contribution in [-0.4, -0.2) is 34.9 Å². The van der Waals surface area contributed by atoms with Crippen LogP contribution in [0.1, 0.15) is 35.5 Å². The number of amides is 1. The fourth-order valence-corrected chi connectivity index (χ4v) is 2.79. The molecule has 0 fully saturated rings. The number of carbonyl (C=O) groups excluding carboxylic acids is 1. The van der Waals surface area contributed by atoms with Gasteiger partial charge >= 0.3 is 0 Å². The van der Waals surface area contributed by atoms with Gasteiger partial charge in [-0.1, -0.05) is 37.3 Å². The minimum absolute atomic E-state index is 0.0737. The molecule has 0 saturated heterocycles. The van der Waals surface area contributed by atoms with E-state index in [9.17, 15) is 9.59 Å². The third-order valence-corrected chi connectivity index (χ3v) is 4.20. The number of hydrogen-bond donors (Lipinski definition) is 6. The van der Waals surface area contributed by atoms with Crippen LogP contribution in [-0.2, 0) is 17.6 Å². The SMILES string of the molecule is Cc1[nH]c(=O)c(C(C)Cc2ccccc2)nc1CC(=O)NCCNNC(=N)N. The molecule has 1 aromatic carbocycles. The van der Waals surface area contributed by atoms with Crippen molar-refractivity contribution >= 4 is 11.9 Å². The molecule has 28 heavy (non-hydrogen) atoms. The minimum atomic E-state index is -0.218. The van der Waals surface area contributed by atoms with Crippen molar-refractivity contribution in [2.24, 2.45) is 5.73 Å². The van der Waals surface area contributed by atoms with Crippen LogP contribution in [0, 0.1) is 12.3 Å². The minimum Gasteiger partial charge on any atom is -0.369 e. The molecular weight excluding hydrogens is 358 g/mol. The number of aromatic amines is 1. The molecule has 2 aromatic rings. The predicted octanol–water partition coefficient (Wildman–Crippen LogP) is 0.0709. The van der Waals surface area contributed by atoms with Gasteiger partial charge in [0.2, 0.25) is 5.91 Å². The van der Waals surface area contributed by atoms with Crippen LogP contribution in [0.4, 0.5) is 0 Å². The molecule has 150 valence electrons. The van der Waals surface area contributed by atoms with E-state index in [1.165, 1.54) is 0 Å². The molecule has 1 amide bonds. The summed E-state index contributed by atoms with van der Waals surface area (Å²) in [5.74, 6) is -0.471. The van der Waals surface area contributed by atoms with Gasteiger partial charge in [0.1, 0.15) is 5.69 Å². The molecule has 0 radical (unpaired) electrons. The van der Waals surface area contributed by atoms with Crippen molar-refractivity contribution in [1.29, 1.82) is 5.41 Å². The number of aryl methyl sites for hydroxylation is 1. The summed E-state index contributed by atoms with van der Waals surface area (Å²) in [5, 5.41) is 9.76. The maximum atomic E-state index is 12.3. The van der Waals surface area contributed by atoms with Gasteiger partial charge in [0.05, 0.1) is 12.1 Å². The summed E-state index contributed by atoms with van der Waals surface area (Å²) in [4.78, 5) is 31.8. The fraction of sp³-hybridized carbons (Fsp3) is 0.368. The number of benzene rings is 1. The Kier molecular flexibility index (Phi) is 7.70. The Morgan fingerprint density at radius 2 is 2.00 bits per heavy atom. The summed E-state index contributed by atoms with van der Waals surface area (Å²) < 4.78 is 0. The van der Waals surface area contributed by atoms with E-state index in [0.29, 0.717) is 36.6 Å². The van der Waals surface area contributed by atoms with Crippen LogP contribution in [0.15, 0.2) is 35.1 Å². The van der Waals surface area contributed by atoms with Crippen molar-refractivity contribution in [2.45, 2.75) is 32.6 Å².